The first-order chi connectivity index (χ1) is 11.7. The van der Waals surface area contributed by atoms with E-state index >= 15 is 0 Å². The van der Waals surface area contributed by atoms with E-state index in [9.17, 15) is 4.79 Å². The number of hydrogen-bond acceptors (Lipinski definition) is 1. The molecule has 4 heteroatoms. The molecule has 1 heterocycles. The van der Waals surface area contributed by atoms with Gasteiger partial charge in [-0.3, -0.25) is 0 Å². The highest BCUT2D eigenvalue weighted by Crippen LogP contribution is 2.21. The summed E-state index contributed by atoms with van der Waals surface area (Å²) in [5, 5.41) is 7.08. The zero-order valence-electron chi connectivity index (χ0n) is 13.9. The van der Waals surface area contributed by atoms with Gasteiger partial charge in [-0.1, -0.05) is 48.5 Å². The van der Waals surface area contributed by atoms with Crippen LogP contribution in [0.1, 0.15) is 16.8 Å². The number of hydrogen-bond donors (Lipinski definition) is 3. The number of nitrogens with one attached hydrogen (secondary N) is 3. The molecule has 3 aromatic rings. The number of fused-ring (bicyclic) bond motifs is 1. The summed E-state index contributed by atoms with van der Waals surface area (Å²) in [7, 11) is 0. The summed E-state index contributed by atoms with van der Waals surface area (Å²) in [4.78, 5) is 15.3. The predicted octanol–water partition coefficient (Wildman–Crippen LogP) is 3.56. The Bertz CT molecular complexity index is 808. The molecule has 0 fully saturated rings. The minimum Gasteiger partial charge on any atom is -0.358 e. The number of carbonyl (C=O) groups is 1. The number of H-pyrrole nitrogens is 1. The summed E-state index contributed by atoms with van der Waals surface area (Å²) in [6.45, 7) is 3.34. The molecule has 2 aromatic carbocycles. The second kappa shape index (κ2) is 7.68. The Morgan fingerprint density at radius 2 is 1.58 bits per heavy atom. The average Bonchev–Trinajstić information content (AvgIpc) is 2.92. The molecular formula is C20H23N3O. The number of benzene rings is 2. The molecule has 3 rings (SSSR count). The summed E-state index contributed by atoms with van der Waals surface area (Å²) in [5.74, 6) is 0. The van der Waals surface area contributed by atoms with Crippen LogP contribution in [0.5, 0.6) is 0 Å². The predicted molar refractivity (Wildman–Crippen MR) is 98.3 cm³/mol. The van der Waals surface area contributed by atoms with Crippen molar-refractivity contribution in [3.63, 3.8) is 0 Å². The highest BCUT2D eigenvalue weighted by Gasteiger charge is 2.08. The third kappa shape index (κ3) is 3.96. The fourth-order valence-electron chi connectivity index (χ4n) is 2.99. The van der Waals surface area contributed by atoms with Crippen LogP contribution in [0.2, 0.25) is 0 Å². The average molecular weight is 321 g/mol. The van der Waals surface area contributed by atoms with E-state index in [-0.39, 0.29) is 6.03 Å². The van der Waals surface area contributed by atoms with Crippen molar-refractivity contribution < 1.29 is 4.79 Å². The molecule has 1 aromatic heterocycles. The summed E-state index contributed by atoms with van der Waals surface area (Å²) in [6, 6.07) is 18.3. The van der Waals surface area contributed by atoms with E-state index in [0.717, 1.165) is 18.4 Å². The van der Waals surface area contributed by atoms with Crippen LogP contribution in [-0.4, -0.2) is 24.1 Å². The van der Waals surface area contributed by atoms with E-state index < -0.39 is 0 Å². The third-order valence-corrected chi connectivity index (χ3v) is 4.23. The van der Waals surface area contributed by atoms with Gasteiger partial charge in [0, 0.05) is 29.7 Å². The third-order valence-electron chi connectivity index (χ3n) is 4.23. The number of aromatic amines is 1. The number of amides is 2. The number of aromatic nitrogens is 1. The zero-order valence-corrected chi connectivity index (χ0v) is 13.9. The Morgan fingerprint density at radius 3 is 2.38 bits per heavy atom. The minimum atomic E-state index is -0.108. The molecule has 24 heavy (non-hydrogen) atoms. The fraction of sp³-hybridized carbons (Fsp3) is 0.250. The topological polar surface area (TPSA) is 56.9 Å². The fourth-order valence-corrected chi connectivity index (χ4v) is 2.99. The van der Waals surface area contributed by atoms with Crippen LogP contribution >= 0.6 is 0 Å². The first-order valence-electron chi connectivity index (χ1n) is 8.36. The molecule has 4 nitrogen and oxygen atoms in total. The van der Waals surface area contributed by atoms with Crippen molar-refractivity contribution in [2.45, 2.75) is 19.8 Å². The van der Waals surface area contributed by atoms with Crippen LogP contribution in [0, 0.1) is 6.92 Å². The molecule has 0 spiro atoms. The van der Waals surface area contributed by atoms with Crippen molar-refractivity contribution >= 4 is 16.9 Å². The Morgan fingerprint density at radius 1 is 0.917 bits per heavy atom. The summed E-state index contributed by atoms with van der Waals surface area (Å²) < 4.78 is 0. The number of urea groups is 1. The van der Waals surface area contributed by atoms with Gasteiger partial charge in [-0.05, 0) is 37.0 Å². The van der Waals surface area contributed by atoms with Crippen LogP contribution in [-0.2, 0) is 12.8 Å². The van der Waals surface area contributed by atoms with E-state index in [1.54, 1.807) is 0 Å². The molecule has 0 aliphatic rings. The van der Waals surface area contributed by atoms with Crippen molar-refractivity contribution in [1.29, 1.82) is 0 Å². The molecule has 0 aliphatic carbocycles. The van der Waals surface area contributed by atoms with E-state index in [1.165, 1.54) is 22.2 Å². The zero-order chi connectivity index (χ0) is 16.8. The van der Waals surface area contributed by atoms with Crippen LogP contribution in [0.4, 0.5) is 4.79 Å². The summed E-state index contributed by atoms with van der Waals surface area (Å²) >= 11 is 0. The van der Waals surface area contributed by atoms with Crippen molar-refractivity contribution in [2.75, 3.05) is 13.1 Å². The molecule has 124 valence electrons. The molecular weight excluding hydrogens is 298 g/mol. The molecule has 0 saturated carbocycles. The summed E-state index contributed by atoms with van der Waals surface area (Å²) in [6.07, 6.45) is 1.66. The largest absolute Gasteiger partial charge is 0.358 e. The Labute approximate surface area is 142 Å². The van der Waals surface area contributed by atoms with Gasteiger partial charge in [0.1, 0.15) is 0 Å². The lowest BCUT2D eigenvalue weighted by Crippen LogP contribution is -2.37. The van der Waals surface area contributed by atoms with Gasteiger partial charge in [0.2, 0.25) is 0 Å². The highest BCUT2D eigenvalue weighted by atomic mass is 16.2. The van der Waals surface area contributed by atoms with Crippen LogP contribution in [0.3, 0.4) is 0 Å². The van der Waals surface area contributed by atoms with Crippen molar-refractivity contribution in [3.8, 4) is 0 Å². The second-order valence-corrected chi connectivity index (χ2v) is 5.94. The maximum Gasteiger partial charge on any atom is 0.314 e. The maximum atomic E-state index is 11.9. The van der Waals surface area contributed by atoms with Crippen LogP contribution in [0.15, 0.2) is 54.6 Å². The van der Waals surface area contributed by atoms with Gasteiger partial charge in [0.15, 0.2) is 0 Å². The SMILES string of the molecule is Cc1[nH]c2ccccc2c1CCNC(=O)NCCc1ccccc1. The molecule has 0 bridgehead atoms. The molecule has 3 N–H and O–H groups in total. The van der Waals surface area contributed by atoms with Gasteiger partial charge in [-0.2, -0.15) is 0 Å². The van der Waals surface area contributed by atoms with Crippen molar-refractivity contribution in [1.82, 2.24) is 15.6 Å². The lowest BCUT2D eigenvalue weighted by molar-refractivity contribution is 0.241. The normalized spacial score (nSPS) is 10.7. The van der Waals surface area contributed by atoms with E-state index in [0.29, 0.717) is 13.1 Å². The molecule has 2 amide bonds. The molecule has 0 atom stereocenters. The van der Waals surface area contributed by atoms with E-state index in [1.807, 2.05) is 30.3 Å². The van der Waals surface area contributed by atoms with Crippen molar-refractivity contribution in [3.05, 3.63) is 71.4 Å². The molecule has 0 aliphatic heterocycles. The van der Waals surface area contributed by atoms with Gasteiger partial charge in [-0.25, -0.2) is 4.79 Å². The highest BCUT2D eigenvalue weighted by molar-refractivity contribution is 5.84. The molecule has 0 unspecified atom stereocenters. The standard InChI is InChI=1S/C20H23N3O/c1-15-17(18-9-5-6-10-19(18)23-15)12-14-22-20(24)21-13-11-16-7-3-2-4-8-16/h2-10,23H,11-14H2,1H3,(H2,21,22,24). The Balaban J connectivity index is 1.44. The lowest BCUT2D eigenvalue weighted by Gasteiger charge is -2.08. The number of carbonyl (C=O) groups excluding carboxylic acids is 1. The smallest absolute Gasteiger partial charge is 0.314 e. The molecule has 0 radical (unpaired) electrons. The van der Waals surface area contributed by atoms with Gasteiger partial charge < -0.3 is 15.6 Å². The first-order valence-corrected chi connectivity index (χ1v) is 8.36. The van der Waals surface area contributed by atoms with E-state index in [2.05, 4.69) is 46.8 Å². The van der Waals surface area contributed by atoms with Gasteiger partial charge >= 0.3 is 6.03 Å². The lowest BCUT2D eigenvalue weighted by atomic mass is 10.1. The monoisotopic (exact) mass is 321 g/mol. The van der Waals surface area contributed by atoms with Crippen LogP contribution < -0.4 is 10.6 Å². The van der Waals surface area contributed by atoms with Gasteiger partial charge in [-0.15, -0.1) is 0 Å². The van der Waals surface area contributed by atoms with Gasteiger partial charge in [0.25, 0.3) is 0 Å². The van der Waals surface area contributed by atoms with Gasteiger partial charge in [0.05, 0.1) is 0 Å². The van der Waals surface area contributed by atoms with Crippen LogP contribution in [0.25, 0.3) is 10.9 Å². The Hall–Kier alpha value is -2.75. The second-order valence-electron chi connectivity index (χ2n) is 5.94. The van der Waals surface area contributed by atoms with E-state index in [4.69, 9.17) is 0 Å². The quantitative estimate of drug-likeness (QED) is 0.639. The number of para-hydroxylation sites is 1. The number of aryl methyl sites for hydroxylation is 1. The first kappa shape index (κ1) is 16.1. The number of rotatable bonds is 6. The Kier molecular flexibility index (Phi) is 5.16. The minimum absolute atomic E-state index is 0.108. The summed E-state index contributed by atoms with van der Waals surface area (Å²) in [5.41, 5.74) is 4.82. The van der Waals surface area contributed by atoms with Crippen molar-refractivity contribution in [2.24, 2.45) is 0 Å². The molecule has 0 saturated heterocycles. The maximum absolute atomic E-state index is 11.9.